The van der Waals surface area contributed by atoms with Crippen molar-refractivity contribution >= 4 is 5.91 Å². The molecule has 0 aromatic heterocycles. The van der Waals surface area contributed by atoms with Crippen LogP contribution in [0.25, 0.3) is 0 Å². The summed E-state index contributed by atoms with van der Waals surface area (Å²) >= 11 is 0. The summed E-state index contributed by atoms with van der Waals surface area (Å²) in [6, 6.07) is -0.208. The first kappa shape index (κ1) is 6.43. The topological polar surface area (TPSA) is 55.1 Å². The number of likely N-dealkylation sites (N-methyl/N-ethyl adjacent to an activating group) is 1. The van der Waals surface area contributed by atoms with E-state index in [1.54, 1.807) is 14.0 Å². The minimum atomic E-state index is -0.317. The van der Waals surface area contributed by atoms with Crippen LogP contribution in [0.3, 0.4) is 0 Å². The van der Waals surface area contributed by atoms with Gasteiger partial charge in [0.2, 0.25) is 5.91 Å². The highest BCUT2D eigenvalue weighted by atomic mass is 16.1. The Kier molecular flexibility index (Phi) is 2.37. The Balaban J connectivity index is -0.000000180. The van der Waals surface area contributed by atoms with E-state index in [2.05, 4.69) is 5.32 Å². The van der Waals surface area contributed by atoms with Crippen molar-refractivity contribution in [2.24, 2.45) is 5.73 Å². The van der Waals surface area contributed by atoms with E-state index in [0.717, 1.165) is 0 Å². The molecule has 0 radical (unpaired) electrons. The Bertz CT molecular complexity index is 79.0. The van der Waals surface area contributed by atoms with E-state index in [1.807, 2.05) is 0 Å². The van der Waals surface area contributed by atoms with E-state index in [-0.39, 0.29) is 14.8 Å². The van der Waals surface area contributed by atoms with Crippen molar-refractivity contribution in [1.82, 2.24) is 5.32 Å². The summed E-state index contributed by atoms with van der Waals surface area (Å²) in [6.07, 6.45) is 0. The van der Waals surface area contributed by atoms with Gasteiger partial charge in [-0.05, 0) is 14.0 Å². The molecule has 0 aromatic rings. The van der Waals surface area contributed by atoms with E-state index in [1.165, 1.54) is 0 Å². The van der Waals surface area contributed by atoms with Gasteiger partial charge in [0.15, 0.2) is 0 Å². The summed E-state index contributed by atoms with van der Waals surface area (Å²) in [7, 11) is 1.69. The third kappa shape index (κ3) is 2.17. The maximum atomic E-state index is 10.1. The van der Waals surface area contributed by atoms with E-state index in [0.29, 0.717) is 0 Å². The second kappa shape index (κ2) is 2.58. The van der Waals surface area contributed by atoms with Crippen LogP contribution in [-0.4, -0.2) is 19.0 Å². The van der Waals surface area contributed by atoms with E-state index in [4.69, 9.17) is 5.73 Å². The molecule has 3 N–H and O–H groups in total. The Morgan fingerprint density at radius 2 is 2.43 bits per heavy atom. The van der Waals surface area contributed by atoms with Gasteiger partial charge in [0.05, 0.1) is 6.04 Å². The number of nitrogens with two attached hydrogens (primary N) is 1. The highest BCUT2D eigenvalue weighted by molar-refractivity contribution is 5.79. The molecule has 0 aliphatic carbocycles. The van der Waals surface area contributed by atoms with Gasteiger partial charge >= 0.3 is 0 Å². The van der Waals surface area contributed by atoms with Crippen molar-refractivity contribution in [2.75, 3.05) is 7.05 Å². The van der Waals surface area contributed by atoms with Gasteiger partial charge in [-0.1, -0.05) is 0 Å². The monoisotopic (exact) mass is 106 g/mol. The van der Waals surface area contributed by atoms with Crippen molar-refractivity contribution in [2.45, 2.75) is 13.0 Å². The normalized spacial score (nSPS) is 13.4. The lowest BCUT2D eigenvalue weighted by molar-refractivity contribution is -0.119. The predicted molar refractivity (Wildman–Crippen MR) is 31.9 cm³/mol. The molecule has 3 nitrogen and oxygen atoms in total. The minimum absolute atomic E-state index is 0. The number of carbonyl (C=O) groups is 1. The molecule has 0 heterocycles. The molecule has 0 aliphatic heterocycles. The van der Waals surface area contributed by atoms with Crippen LogP contribution in [0.4, 0.5) is 0 Å². The first-order valence-corrected chi connectivity index (χ1v) is 2.15. The van der Waals surface area contributed by atoms with Crippen LogP contribution < -0.4 is 11.1 Å². The van der Waals surface area contributed by atoms with Crippen LogP contribution >= 0.6 is 0 Å². The molecule has 0 unspecified atom stereocenters. The number of amides is 1. The molecule has 0 rings (SSSR count). The van der Waals surface area contributed by atoms with Crippen LogP contribution in [0.15, 0.2) is 0 Å². The molecule has 3 heteroatoms. The molecule has 46 valence electrons. The quantitative estimate of drug-likeness (QED) is 0.502. The zero-order valence-electron chi connectivity index (χ0n) is 4.56. The van der Waals surface area contributed by atoms with Crippen molar-refractivity contribution in [3.63, 3.8) is 0 Å². The van der Waals surface area contributed by atoms with Gasteiger partial charge in [0, 0.05) is 2.85 Å². The largest absolute Gasteiger partial charge is 0.368 e. The van der Waals surface area contributed by atoms with E-state index >= 15 is 0 Å². The van der Waals surface area contributed by atoms with Crippen LogP contribution in [-0.2, 0) is 4.79 Å². The molecular weight excluding hydrogens is 92.1 g/mol. The average molecular weight is 106 g/mol. The molecule has 0 spiro atoms. The third-order valence-corrected chi connectivity index (χ3v) is 0.860. The van der Waals surface area contributed by atoms with Gasteiger partial charge < -0.3 is 11.1 Å². The summed E-state index contributed by atoms with van der Waals surface area (Å²) in [5.41, 5.74) is 4.85. The van der Waals surface area contributed by atoms with Gasteiger partial charge in [-0.3, -0.25) is 4.79 Å². The molecule has 0 aromatic carbocycles. The zero-order valence-corrected chi connectivity index (χ0v) is 4.56. The summed E-state index contributed by atoms with van der Waals surface area (Å²) in [5.74, 6) is -0.317. The zero-order chi connectivity index (χ0) is 5.86. The van der Waals surface area contributed by atoms with E-state index < -0.39 is 0 Å². The summed E-state index contributed by atoms with van der Waals surface area (Å²) < 4.78 is 0. The number of hydrogen-bond acceptors (Lipinski definition) is 2. The first-order chi connectivity index (χ1) is 3.18. The Hall–Kier alpha value is -0.570. The molecule has 0 bridgehead atoms. The summed E-state index contributed by atoms with van der Waals surface area (Å²) in [6.45, 7) is 1.71. The summed E-state index contributed by atoms with van der Waals surface area (Å²) in [5, 5.41) is 2.69. The Labute approximate surface area is 45.9 Å². The van der Waals surface area contributed by atoms with Crippen molar-refractivity contribution in [3.8, 4) is 0 Å². The molecule has 0 saturated carbocycles. The molecule has 1 amide bonds. The number of hydrogen-bond donors (Lipinski definition) is 2. The fraction of sp³-hybridized carbons (Fsp3) is 0.750. The maximum Gasteiger partial charge on any atom is 0.234 e. The number of rotatable bonds is 2. The summed E-state index contributed by atoms with van der Waals surface area (Å²) in [4.78, 5) is 10.1. The number of carbonyl (C=O) groups excluding carboxylic acids is 1. The molecule has 0 saturated heterocycles. The highest BCUT2D eigenvalue weighted by Gasteiger charge is 2.01. The fourth-order valence-electron chi connectivity index (χ4n) is 0.142. The lowest BCUT2D eigenvalue weighted by Crippen LogP contribution is -2.36. The standard InChI is InChI=1S/C4H10N2O.2H2/c1-3(6-2)4(5)7;;/h3,6H,1-2H3,(H2,5,7);2*1H/t3-;;/m0../s1. The molecule has 0 aliphatic rings. The third-order valence-electron chi connectivity index (χ3n) is 0.860. The molecule has 1 atom stereocenters. The SMILES string of the molecule is CN[C@@H](C)C(N)=O.[HH].[HH]. The Morgan fingerprint density at radius 3 is 2.43 bits per heavy atom. The van der Waals surface area contributed by atoms with Crippen molar-refractivity contribution in [3.05, 3.63) is 0 Å². The lowest BCUT2D eigenvalue weighted by atomic mass is 10.3. The molecule has 7 heavy (non-hydrogen) atoms. The van der Waals surface area contributed by atoms with Gasteiger partial charge in [-0.2, -0.15) is 0 Å². The van der Waals surface area contributed by atoms with Gasteiger partial charge in [0.25, 0.3) is 0 Å². The van der Waals surface area contributed by atoms with Crippen LogP contribution in [0, 0.1) is 0 Å². The second-order valence-corrected chi connectivity index (χ2v) is 1.41. The smallest absolute Gasteiger partial charge is 0.234 e. The number of primary amides is 1. The van der Waals surface area contributed by atoms with Crippen molar-refractivity contribution < 1.29 is 7.65 Å². The van der Waals surface area contributed by atoms with Crippen LogP contribution in [0.2, 0.25) is 0 Å². The Morgan fingerprint density at radius 1 is 2.00 bits per heavy atom. The first-order valence-electron chi connectivity index (χ1n) is 2.15. The second-order valence-electron chi connectivity index (χ2n) is 1.41. The minimum Gasteiger partial charge on any atom is -0.368 e. The highest BCUT2D eigenvalue weighted by Crippen LogP contribution is 1.71. The molecular formula is C4H14N2O. The fourth-order valence-corrected chi connectivity index (χ4v) is 0.142. The van der Waals surface area contributed by atoms with Gasteiger partial charge in [0.1, 0.15) is 0 Å². The van der Waals surface area contributed by atoms with Gasteiger partial charge in [-0.25, -0.2) is 0 Å². The maximum absolute atomic E-state index is 10.1. The average Bonchev–Trinajstić information content (AvgIpc) is 1.65. The molecule has 0 fully saturated rings. The van der Waals surface area contributed by atoms with Gasteiger partial charge in [-0.15, -0.1) is 0 Å². The lowest BCUT2D eigenvalue weighted by Gasteiger charge is -2.01. The number of nitrogens with one attached hydrogen (secondary N) is 1. The predicted octanol–water partition coefficient (Wildman–Crippen LogP) is -0.428. The van der Waals surface area contributed by atoms with Crippen LogP contribution in [0.5, 0.6) is 0 Å². The van der Waals surface area contributed by atoms with Crippen molar-refractivity contribution in [1.29, 1.82) is 0 Å². The van der Waals surface area contributed by atoms with E-state index in [9.17, 15) is 4.79 Å². The van der Waals surface area contributed by atoms with Crippen LogP contribution in [0.1, 0.15) is 9.78 Å².